The average molecular weight is 431 g/mol. The second kappa shape index (κ2) is 9.18. The van der Waals surface area contributed by atoms with E-state index in [1.54, 1.807) is 25.3 Å². The smallest absolute Gasteiger partial charge is 0.243 e. The summed E-state index contributed by atoms with van der Waals surface area (Å²) in [5, 5.41) is 3.06. The van der Waals surface area contributed by atoms with E-state index in [-0.39, 0.29) is 23.3 Å². The zero-order chi connectivity index (χ0) is 21.9. The lowest BCUT2D eigenvalue weighted by Crippen LogP contribution is -2.43. The normalized spacial score (nSPS) is 17.5. The second-order valence-corrected chi connectivity index (χ2v) is 9.72. The molecule has 1 aliphatic rings. The molecular weight excluding hydrogens is 400 g/mol. The molecule has 2 aromatic rings. The first-order valence-corrected chi connectivity index (χ1v) is 11.8. The lowest BCUT2D eigenvalue weighted by molar-refractivity contribution is -0.120. The van der Waals surface area contributed by atoms with Crippen LogP contribution >= 0.6 is 0 Å². The Labute approximate surface area is 179 Å². The minimum Gasteiger partial charge on any atom is -0.496 e. The third-order valence-electron chi connectivity index (χ3n) is 5.75. The van der Waals surface area contributed by atoms with Crippen LogP contribution in [-0.4, -0.2) is 38.8 Å². The van der Waals surface area contributed by atoms with Crippen molar-refractivity contribution in [2.24, 2.45) is 5.92 Å². The number of nitrogens with zero attached hydrogens (tertiary/aromatic N) is 1. The van der Waals surface area contributed by atoms with Crippen molar-refractivity contribution in [3.8, 4) is 5.75 Å². The highest BCUT2D eigenvalue weighted by Gasteiger charge is 2.33. The summed E-state index contributed by atoms with van der Waals surface area (Å²) in [6.07, 6.45) is 2.15. The molecular formula is C23H30N2O4S. The molecule has 1 aliphatic heterocycles. The first-order chi connectivity index (χ1) is 14.3. The quantitative estimate of drug-likeness (QED) is 0.754. The molecule has 30 heavy (non-hydrogen) atoms. The first kappa shape index (κ1) is 22.3. The average Bonchev–Trinajstić information content (AvgIpc) is 2.75. The van der Waals surface area contributed by atoms with Gasteiger partial charge in [0.2, 0.25) is 15.9 Å². The molecule has 1 fully saturated rings. The molecule has 162 valence electrons. The van der Waals surface area contributed by atoms with Gasteiger partial charge in [-0.15, -0.1) is 0 Å². The van der Waals surface area contributed by atoms with E-state index in [1.807, 2.05) is 32.0 Å². The van der Waals surface area contributed by atoms with Crippen LogP contribution in [0.25, 0.3) is 0 Å². The van der Waals surface area contributed by atoms with E-state index in [2.05, 4.69) is 12.2 Å². The van der Waals surface area contributed by atoms with E-state index in [0.717, 1.165) is 28.8 Å². The molecule has 2 aromatic carbocycles. The highest BCUT2D eigenvalue weighted by molar-refractivity contribution is 7.89. The second-order valence-electron chi connectivity index (χ2n) is 7.79. The summed E-state index contributed by atoms with van der Waals surface area (Å²) in [5.41, 5.74) is 3.70. The molecule has 1 heterocycles. The van der Waals surface area contributed by atoms with Crippen molar-refractivity contribution < 1.29 is 17.9 Å². The highest BCUT2D eigenvalue weighted by atomic mass is 32.2. The van der Waals surface area contributed by atoms with E-state index in [4.69, 9.17) is 4.74 Å². The van der Waals surface area contributed by atoms with E-state index in [0.29, 0.717) is 25.1 Å². The van der Waals surface area contributed by atoms with Gasteiger partial charge in [-0.3, -0.25) is 4.79 Å². The summed E-state index contributed by atoms with van der Waals surface area (Å²) in [6, 6.07) is 10.8. The van der Waals surface area contributed by atoms with Gasteiger partial charge in [0.1, 0.15) is 5.75 Å². The summed E-state index contributed by atoms with van der Waals surface area (Å²) in [6.45, 7) is 6.45. The molecule has 0 bridgehead atoms. The number of piperidine rings is 1. The van der Waals surface area contributed by atoms with Gasteiger partial charge in [-0.2, -0.15) is 4.31 Å². The van der Waals surface area contributed by atoms with Crippen LogP contribution in [0.2, 0.25) is 0 Å². The molecule has 0 unspecified atom stereocenters. The molecule has 0 aromatic heterocycles. The van der Waals surface area contributed by atoms with Crippen molar-refractivity contribution in [3.63, 3.8) is 0 Å². The van der Waals surface area contributed by atoms with Gasteiger partial charge in [-0.05, 0) is 68.0 Å². The van der Waals surface area contributed by atoms with E-state index in [9.17, 15) is 13.2 Å². The molecule has 6 nitrogen and oxygen atoms in total. The Balaban J connectivity index is 1.78. The molecule has 0 aliphatic carbocycles. The molecule has 1 saturated heterocycles. The maximum atomic E-state index is 13.2. The lowest BCUT2D eigenvalue weighted by Gasteiger charge is -2.31. The Morgan fingerprint density at radius 3 is 2.63 bits per heavy atom. The van der Waals surface area contributed by atoms with Crippen molar-refractivity contribution in [1.29, 1.82) is 0 Å². The number of sulfonamides is 1. The van der Waals surface area contributed by atoms with Crippen LogP contribution in [0.5, 0.6) is 5.75 Å². The number of amides is 1. The van der Waals surface area contributed by atoms with Crippen LogP contribution in [0.4, 0.5) is 5.69 Å². The summed E-state index contributed by atoms with van der Waals surface area (Å²) in [7, 11) is -2.11. The van der Waals surface area contributed by atoms with Gasteiger partial charge in [-0.1, -0.05) is 25.1 Å². The minimum absolute atomic E-state index is 0.121. The molecule has 7 heteroatoms. The number of nitrogens with one attached hydrogen (secondary N) is 1. The van der Waals surface area contributed by atoms with Crippen LogP contribution in [0, 0.1) is 19.8 Å². The van der Waals surface area contributed by atoms with Gasteiger partial charge in [0.15, 0.2) is 0 Å². The maximum absolute atomic E-state index is 13.2. The monoisotopic (exact) mass is 430 g/mol. The number of carbonyl (C=O) groups excluding carboxylic acids is 1. The Hall–Kier alpha value is -2.38. The number of aryl methyl sites for hydroxylation is 3. The molecule has 1 N–H and O–H groups in total. The van der Waals surface area contributed by atoms with Gasteiger partial charge in [0.05, 0.1) is 17.9 Å². The SMILES string of the molecule is CCc1cccc(C)c1NC(=O)[C@@H]1CCCN(S(=O)(=O)c2ccc(OC)c(C)c2)C1. The zero-order valence-electron chi connectivity index (χ0n) is 18.1. The molecule has 0 saturated carbocycles. The van der Waals surface area contributed by atoms with Gasteiger partial charge < -0.3 is 10.1 Å². The lowest BCUT2D eigenvalue weighted by atomic mass is 9.98. The first-order valence-electron chi connectivity index (χ1n) is 10.3. The number of anilines is 1. The van der Waals surface area contributed by atoms with Crippen LogP contribution < -0.4 is 10.1 Å². The number of benzene rings is 2. The Bertz CT molecular complexity index is 1030. The number of rotatable bonds is 6. The Morgan fingerprint density at radius 2 is 1.97 bits per heavy atom. The van der Waals surface area contributed by atoms with E-state index < -0.39 is 10.0 Å². The largest absolute Gasteiger partial charge is 0.496 e. The van der Waals surface area contributed by atoms with E-state index >= 15 is 0 Å². The maximum Gasteiger partial charge on any atom is 0.243 e. The number of carbonyl (C=O) groups is 1. The zero-order valence-corrected chi connectivity index (χ0v) is 18.9. The van der Waals surface area contributed by atoms with Crippen molar-refractivity contribution in [2.75, 3.05) is 25.5 Å². The highest BCUT2D eigenvalue weighted by Crippen LogP contribution is 2.28. The molecule has 1 atom stereocenters. The van der Waals surface area contributed by atoms with E-state index in [1.165, 1.54) is 4.31 Å². The van der Waals surface area contributed by atoms with Gasteiger partial charge in [0, 0.05) is 18.8 Å². The molecule has 0 spiro atoms. The number of para-hydroxylation sites is 1. The summed E-state index contributed by atoms with van der Waals surface area (Å²) >= 11 is 0. The fourth-order valence-electron chi connectivity index (χ4n) is 3.96. The Kier molecular flexibility index (Phi) is 6.83. The van der Waals surface area contributed by atoms with Crippen LogP contribution in [-0.2, 0) is 21.2 Å². The standard InChI is InChI=1S/C23H30N2O4S/c1-5-18-9-6-8-16(2)22(18)24-23(26)19-10-7-13-25(15-19)30(27,28)20-11-12-21(29-4)17(3)14-20/h6,8-9,11-12,14,19H,5,7,10,13,15H2,1-4H3,(H,24,26)/t19-/m1/s1. The minimum atomic E-state index is -3.67. The predicted octanol–water partition coefficient (Wildman–Crippen LogP) is 3.91. The topological polar surface area (TPSA) is 75.7 Å². The van der Waals surface area contributed by atoms with Crippen molar-refractivity contribution in [1.82, 2.24) is 4.31 Å². The number of ether oxygens (including phenoxy) is 1. The molecule has 3 rings (SSSR count). The number of hydrogen-bond acceptors (Lipinski definition) is 4. The number of methoxy groups -OCH3 is 1. The fraction of sp³-hybridized carbons (Fsp3) is 0.435. The summed E-state index contributed by atoms with van der Waals surface area (Å²) in [5.74, 6) is 0.150. The van der Waals surface area contributed by atoms with Crippen molar-refractivity contribution >= 4 is 21.6 Å². The molecule has 1 amide bonds. The third kappa shape index (κ3) is 4.52. The van der Waals surface area contributed by atoms with Crippen LogP contribution in [0.15, 0.2) is 41.3 Å². The van der Waals surface area contributed by atoms with Gasteiger partial charge >= 0.3 is 0 Å². The Morgan fingerprint density at radius 1 is 1.20 bits per heavy atom. The summed E-state index contributed by atoms with van der Waals surface area (Å²) < 4.78 is 33.0. The predicted molar refractivity (Wildman–Crippen MR) is 118 cm³/mol. The molecule has 0 radical (unpaired) electrons. The fourth-order valence-corrected chi connectivity index (χ4v) is 5.57. The summed E-state index contributed by atoms with van der Waals surface area (Å²) in [4.78, 5) is 13.2. The van der Waals surface area contributed by atoms with Crippen molar-refractivity contribution in [3.05, 3.63) is 53.1 Å². The third-order valence-corrected chi connectivity index (χ3v) is 7.61. The van der Waals surface area contributed by atoms with Gasteiger partial charge in [0.25, 0.3) is 0 Å². The van der Waals surface area contributed by atoms with Crippen LogP contribution in [0.3, 0.4) is 0 Å². The van der Waals surface area contributed by atoms with Gasteiger partial charge in [-0.25, -0.2) is 8.42 Å². The van der Waals surface area contributed by atoms with Crippen LogP contribution in [0.1, 0.15) is 36.5 Å². The number of hydrogen-bond donors (Lipinski definition) is 1. The van der Waals surface area contributed by atoms with Crippen molar-refractivity contribution in [2.45, 2.75) is 44.9 Å².